The molecule has 0 spiro atoms. The van der Waals surface area contributed by atoms with Gasteiger partial charge in [0, 0.05) is 10.6 Å². The number of benzene rings is 2. The van der Waals surface area contributed by atoms with Crippen LogP contribution in [-0.2, 0) is 11.3 Å². The highest BCUT2D eigenvalue weighted by Gasteiger charge is 2.15. The first-order valence-electron chi connectivity index (χ1n) is 7.17. The zero-order chi connectivity index (χ0) is 17.0. The summed E-state index contributed by atoms with van der Waals surface area (Å²) >= 11 is 18.0. The number of nitrogens with one attached hydrogen (secondary N) is 2. The second-order valence-electron chi connectivity index (χ2n) is 5.53. The number of halogens is 3. The minimum Gasteiger partial charge on any atom is -0.326 e. The molecule has 6 heteroatoms. The maximum absolute atomic E-state index is 12.2. The number of carbonyl (C=O) groups is 1. The minimum absolute atomic E-state index is 0.151. The van der Waals surface area contributed by atoms with Crippen LogP contribution in [0.5, 0.6) is 0 Å². The number of aryl methyl sites for hydroxylation is 1. The van der Waals surface area contributed by atoms with Crippen molar-refractivity contribution in [2.24, 2.45) is 0 Å². The first kappa shape index (κ1) is 18.1. The Morgan fingerprint density at radius 2 is 1.74 bits per heavy atom. The molecule has 2 N–H and O–H groups in total. The second kappa shape index (κ2) is 8.02. The van der Waals surface area contributed by atoms with E-state index in [1.165, 1.54) is 11.1 Å². The van der Waals surface area contributed by atoms with Gasteiger partial charge < -0.3 is 10.2 Å². The van der Waals surface area contributed by atoms with Gasteiger partial charge in [-0.05, 0) is 24.6 Å². The summed E-state index contributed by atoms with van der Waals surface area (Å²) in [4.78, 5) is 13.3. The van der Waals surface area contributed by atoms with Crippen molar-refractivity contribution in [2.75, 3.05) is 18.9 Å². The van der Waals surface area contributed by atoms with Gasteiger partial charge in [-0.1, -0.05) is 59.1 Å². The fraction of sp³-hybridized carbons (Fsp3) is 0.235. The maximum atomic E-state index is 12.2. The Kier molecular flexibility index (Phi) is 6.31. The molecule has 3 nitrogen and oxygen atoms in total. The number of amides is 1. The zero-order valence-electron chi connectivity index (χ0n) is 12.9. The summed E-state index contributed by atoms with van der Waals surface area (Å²) in [5.41, 5.74) is 2.84. The molecule has 1 atom stereocenters. The predicted molar refractivity (Wildman–Crippen MR) is 96.7 cm³/mol. The Hall–Kier alpha value is -1.26. The van der Waals surface area contributed by atoms with Crippen molar-refractivity contribution in [1.82, 2.24) is 0 Å². The second-order valence-corrected chi connectivity index (χ2v) is 6.78. The maximum Gasteiger partial charge on any atom is 0.279 e. The van der Waals surface area contributed by atoms with Crippen LogP contribution < -0.4 is 10.2 Å². The fourth-order valence-corrected chi connectivity index (χ4v) is 3.23. The van der Waals surface area contributed by atoms with Gasteiger partial charge in [-0.25, -0.2) is 0 Å². The predicted octanol–water partition coefficient (Wildman–Crippen LogP) is 3.61. The van der Waals surface area contributed by atoms with Gasteiger partial charge in [0.2, 0.25) is 0 Å². The molecule has 0 aliphatic carbocycles. The highest BCUT2D eigenvalue weighted by atomic mass is 35.5. The van der Waals surface area contributed by atoms with E-state index in [2.05, 4.69) is 24.4 Å². The van der Waals surface area contributed by atoms with Crippen LogP contribution in [0, 0.1) is 6.92 Å². The van der Waals surface area contributed by atoms with Gasteiger partial charge in [-0.2, -0.15) is 0 Å². The smallest absolute Gasteiger partial charge is 0.279 e. The average Bonchev–Trinajstić information content (AvgIpc) is 2.45. The highest BCUT2D eigenvalue weighted by molar-refractivity contribution is 6.42. The number of hydrogen-bond acceptors (Lipinski definition) is 1. The number of rotatable bonds is 5. The molecule has 0 aromatic heterocycles. The largest absolute Gasteiger partial charge is 0.326 e. The van der Waals surface area contributed by atoms with Crippen LogP contribution in [0.15, 0.2) is 36.4 Å². The van der Waals surface area contributed by atoms with Crippen LogP contribution in [0.1, 0.15) is 11.1 Å². The molecule has 23 heavy (non-hydrogen) atoms. The van der Waals surface area contributed by atoms with Gasteiger partial charge in [0.1, 0.15) is 6.54 Å². The molecule has 1 unspecified atom stereocenters. The van der Waals surface area contributed by atoms with Gasteiger partial charge in [0.25, 0.3) is 5.91 Å². The summed E-state index contributed by atoms with van der Waals surface area (Å²) in [7, 11) is 1.97. The SMILES string of the molecule is Cc1ccccc1C[NH+](C)CC(=O)Nc1c(Cl)cc(Cl)cc1Cl. The van der Waals surface area contributed by atoms with E-state index < -0.39 is 0 Å². The third-order valence-electron chi connectivity index (χ3n) is 3.49. The van der Waals surface area contributed by atoms with E-state index in [9.17, 15) is 4.79 Å². The summed E-state index contributed by atoms with van der Waals surface area (Å²) in [6.07, 6.45) is 0. The molecule has 0 fully saturated rings. The summed E-state index contributed by atoms with van der Waals surface area (Å²) in [6, 6.07) is 11.2. The van der Waals surface area contributed by atoms with Crippen molar-refractivity contribution in [3.05, 3.63) is 62.6 Å². The van der Waals surface area contributed by atoms with E-state index in [4.69, 9.17) is 34.8 Å². The van der Waals surface area contributed by atoms with Crippen molar-refractivity contribution in [3.8, 4) is 0 Å². The van der Waals surface area contributed by atoms with E-state index in [0.717, 1.165) is 11.4 Å². The van der Waals surface area contributed by atoms with Gasteiger partial charge in [0.05, 0.1) is 22.8 Å². The van der Waals surface area contributed by atoms with E-state index >= 15 is 0 Å². The Morgan fingerprint density at radius 1 is 1.13 bits per heavy atom. The summed E-state index contributed by atoms with van der Waals surface area (Å²) < 4.78 is 0. The van der Waals surface area contributed by atoms with E-state index in [1.54, 1.807) is 12.1 Å². The number of quaternary nitrogens is 1. The topological polar surface area (TPSA) is 33.5 Å². The molecule has 122 valence electrons. The molecule has 0 aliphatic rings. The Labute approximate surface area is 151 Å². The van der Waals surface area contributed by atoms with Crippen molar-refractivity contribution in [3.63, 3.8) is 0 Å². The van der Waals surface area contributed by atoms with Crippen molar-refractivity contribution in [2.45, 2.75) is 13.5 Å². The van der Waals surface area contributed by atoms with Gasteiger partial charge in [0.15, 0.2) is 6.54 Å². The van der Waals surface area contributed by atoms with Crippen molar-refractivity contribution in [1.29, 1.82) is 0 Å². The van der Waals surface area contributed by atoms with Crippen LogP contribution in [0.4, 0.5) is 5.69 Å². The lowest BCUT2D eigenvalue weighted by Crippen LogP contribution is -3.08. The molecule has 0 saturated heterocycles. The molecule has 2 aromatic rings. The molecule has 0 aliphatic heterocycles. The third kappa shape index (κ3) is 5.11. The first-order chi connectivity index (χ1) is 10.9. The monoisotopic (exact) mass is 371 g/mol. The number of anilines is 1. The molecular weight excluding hydrogens is 355 g/mol. The lowest BCUT2D eigenvalue weighted by molar-refractivity contribution is -0.885. The standard InChI is InChI=1S/C17H17Cl3N2O/c1-11-5-3-4-6-12(11)9-22(2)10-16(23)21-17-14(19)7-13(18)8-15(17)20/h3-8H,9-10H2,1-2H3,(H,21,23)/p+1. The first-order valence-corrected chi connectivity index (χ1v) is 8.30. The number of likely N-dealkylation sites (N-methyl/N-ethyl adjacent to an activating group) is 1. The minimum atomic E-state index is -0.151. The van der Waals surface area contributed by atoms with Gasteiger partial charge in [-0.3, -0.25) is 4.79 Å². The lowest BCUT2D eigenvalue weighted by Gasteiger charge is -2.16. The van der Waals surface area contributed by atoms with Gasteiger partial charge in [-0.15, -0.1) is 0 Å². The van der Waals surface area contributed by atoms with E-state index in [-0.39, 0.29) is 5.91 Å². The summed E-state index contributed by atoms with van der Waals surface area (Å²) in [6.45, 7) is 3.14. The molecule has 0 saturated carbocycles. The fourth-order valence-electron chi connectivity index (χ4n) is 2.32. The molecule has 0 bridgehead atoms. The Morgan fingerprint density at radius 3 is 2.35 bits per heavy atom. The van der Waals surface area contributed by atoms with Crippen molar-refractivity contribution >= 4 is 46.4 Å². The highest BCUT2D eigenvalue weighted by Crippen LogP contribution is 2.33. The van der Waals surface area contributed by atoms with E-state index in [1.807, 2.05) is 19.2 Å². The van der Waals surface area contributed by atoms with Crippen LogP contribution in [0.3, 0.4) is 0 Å². The average molecular weight is 373 g/mol. The van der Waals surface area contributed by atoms with Crippen LogP contribution >= 0.6 is 34.8 Å². The number of hydrogen-bond donors (Lipinski definition) is 2. The number of carbonyl (C=O) groups excluding carboxylic acids is 1. The third-order valence-corrected chi connectivity index (χ3v) is 4.30. The van der Waals surface area contributed by atoms with E-state index in [0.29, 0.717) is 27.3 Å². The quantitative estimate of drug-likeness (QED) is 0.826. The van der Waals surface area contributed by atoms with Crippen LogP contribution in [-0.4, -0.2) is 19.5 Å². The molecule has 0 radical (unpaired) electrons. The van der Waals surface area contributed by atoms with Crippen LogP contribution in [0.25, 0.3) is 0 Å². The molecule has 0 heterocycles. The molecule has 2 rings (SSSR count). The Balaban J connectivity index is 1.98. The molecular formula is C17H18Cl3N2O+. The normalized spacial score (nSPS) is 12.0. The van der Waals surface area contributed by atoms with Gasteiger partial charge >= 0.3 is 0 Å². The zero-order valence-corrected chi connectivity index (χ0v) is 15.2. The molecule has 1 amide bonds. The van der Waals surface area contributed by atoms with Crippen molar-refractivity contribution < 1.29 is 9.69 Å². The lowest BCUT2D eigenvalue weighted by atomic mass is 10.1. The van der Waals surface area contributed by atoms with Crippen LogP contribution in [0.2, 0.25) is 15.1 Å². The summed E-state index contributed by atoms with van der Waals surface area (Å²) in [5, 5.41) is 3.84. The Bertz CT molecular complexity index is 696. The molecule has 2 aromatic carbocycles. The summed E-state index contributed by atoms with van der Waals surface area (Å²) in [5.74, 6) is -0.151.